The van der Waals surface area contributed by atoms with Gasteiger partial charge in [0.15, 0.2) is 6.10 Å². The molecule has 0 aromatic heterocycles. The van der Waals surface area contributed by atoms with Crippen molar-refractivity contribution in [1.82, 2.24) is 0 Å². The molecule has 1 aliphatic rings. The Bertz CT molecular complexity index is 1230. The summed E-state index contributed by atoms with van der Waals surface area (Å²) in [5, 5.41) is 35.8. The molecule has 6 atom stereocenters. The third kappa shape index (κ3) is 9.32. The number of nitrogens with zero attached hydrogens (tertiary/aromatic N) is 1. The van der Waals surface area contributed by atoms with E-state index in [1.807, 2.05) is 13.8 Å². The minimum atomic E-state index is -0.996. The van der Waals surface area contributed by atoms with Gasteiger partial charge in [-0.2, -0.15) is 0 Å². The van der Waals surface area contributed by atoms with Crippen molar-refractivity contribution in [3.05, 3.63) is 47.1 Å². The van der Waals surface area contributed by atoms with Crippen molar-refractivity contribution in [1.29, 1.82) is 0 Å². The van der Waals surface area contributed by atoms with E-state index in [1.54, 1.807) is 32.1 Å². The number of ether oxygens (including phenoxy) is 3. The van der Waals surface area contributed by atoms with Gasteiger partial charge >= 0.3 is 6.09 Å². The molecular weight excluding hydrogens is 566 g/mol. The zero-order valence-electron chi connectivity index (χ0n) is 24.8. The smallest absolute Gasteiger partial charge is 0.405 e. The normalized spacial score (nSPS) is 26.4. The number of hydrogen-bond donors (Lipinski definition) is 5. The number of aliphatic hydroxyl groups is 1. The summed E-state index contributed by atoms with van der Waals surface area (Å²) in [6.45, 7) is 7.02. The first-order valence-electron chi connectivity index (χ1n) is 13.5. The number of phenolic OH excluding ortho intramolecular Hbond substituents is 2. The Morgan fingerprint density at radius 3 is 2.52 bits per heavy atom. The third-order valence-corrected chi connectivity index (χ3v) is 7.23. The summed E-state index contributed by atoms with van der Waals surface area (Å²) >= 11 is 5.77. The van der Waals surface area contributed by atoms with Gasteiger partial charge < -0.3 is 40.6 Å². The van der Waals surface area contributed by atoms with Crippen LogP contribution in [0.5, 0.6) is 11.5 Å². The van der Waals surface area contributed by atoms with Crippen LogP contribution in [0.2, 0.25) is 0 Å². The number of aromatic hydroxyl groups is 2. The standard InChI is InChI=1S/C30H42ClN3O8/c1-16-12-20-25(33-11-10-31)22(35)15-21(27(20)37)34-29(38)17(2)8-7-9-23(40-5)28(42-30(32)39)19(4)14-18(3)26(36)24(13-16)41-6/h7-9,11,14-16,18,23-24,26,28,35-37H,10,12-13H2,1-6H3,(H2,32,39)(H,34,38)/t16-,18+,23+,24+,26-,28+/m1/s1. The summed E-state index contributed by atoms with van der Waals surface area (Å²) in [7, 11) is 2.93. The highest BCUT2D eigenvalue weighted by atomic mass is 35.5. The minimum absolute atomic E-state index is 0.000586. The van der Waals surface area contributed by atoms with E-state index in [0.717, 1.165) is 0 Å². The minimum Gasteiger partial charge on any atom is -0.506 e. The topological polar surface area (TPSA) is 173 Å². The van der Waals surface area contributed by atoms with E-state index in [4.69, 9.17) is 31.5 Å². The van der Waals surface area contributed by atoms with Crippen molar-refractivity contribution < 1.29 is 39.1 Å². The number of phenols is 2. The van der Waals surface area contributed by atoms with E-state index in [-0.39, 0.29) is 46.7 Å². The van der Waals surface area contributed by atoms with Crippen molar-refractivity contribution in [2.24, 2.45) is 22.6 Å². The monoisotopic (exact) mass is 607 g/mol. The molecule has 1 heterocycles. The van der Waals surface area contributed by atoms with Crippen molar-refractivity contribution >= 4 is 41.2 Å². The second kappa shape index (κ2) is 16.3. The zero-order chi connectivity index (χ0) is 31.6. The predicted octanol–water partition coefficient (Wildman–Crippen LogP) is 4.50. The van der Waals surface area contributed by atoms with Gasteiger partial charge in [0.1, 0.15) is 23.3 Å². The Morgan fingerprint density at radius 2 is 1.93 bits per heavy atom. The molecule has 232 valence electrons. The molecule has 0 unspecified atom stereocenters. The lowest BCUT2D eigenvalue weighted by Crippen LogP contribution is -2.37. The van der Waals surface area contributed by atoms with Gasteiger partial charge in [-0.3, -0.25) is 9.79 Å². The fraction of sp³-hybridized carbons (Fsp3) is 0.500. The number of primary amides is 1. The first kappa shape index (κ1) is 34.8. The number of allylic oxidation sites excluding steroid dienone is 2. The molecule has 0 fully saturated rings. The van der Waals surface area contributed by atoms with Crippen LogP contribution in [0, 0.1) is 11.8 Å². The van der Waals surface area contributed by atoms with E-state index in [0.29, 0.717) is 17.6 Å². The molecule has 2 bridgehead atoms. The quantitative estimate of drug-likeness (QED) is 0.107. The van der Waals surface area contributed by atoms with Crippen LogP contribution in [0.15, 0.2) is 46.5 Å². The molecule has 6 N–H and O–H groups in total. The van der Waals surface area contributed by atoms with Gasteiger partial charge in [0.05, 0.1) is 23.8 Å². The third-order valence-electron chi connectivity index (χ3n) is 7.09. The predicted molar refractivity (Wildman–Crippen MR) is 163 cm³/mol. The Morgan fingerprint density at radius 1 is 1.24 bits per heavy atom. The molecule has 12 heteroatoms. The van der Waals surface area contributed by atoms with Gasteiger partial charge in [-0.25, -0.2) is 4.79 Å². The van der Waals surface area contributed by atoms with E-state index >= 15 is 0 Å². The van der Waals surface area contributed by atoms with Crippen molar-refractivity contribution in [2.75, 3.05) is 25.4 Å². The number of nitrogens with two attached hydrogens (primary N) is 1. The summed E-state index contributed by atoms with van der Waals surface area (Å²) in [6.07, 6.45) is 4.21. The van der Waals surface area contributed by atoms with Crippen molar-refractivity contribution in [2.45, 2.75) is 65.0 Å². The van der Waals surface area contributed by atoms with E-state index in [2.05, 4.69) is 10.3 Å². The maximum absolute atomic E-state index is 13.0. The SMILES string of the molecule is CO[C@H]1C=CC=C(C)C(=O)Nc2cc(O)c(N=CCCl)c(c2O)C[C@@H](C)C[C@H](OC)[C@H](O)[C@@H](C)C=C(C)[C@@H]1OC(N)=O. The van der Waals surface area contributed by atoms with Crippen LogP contribution in [0.4, 0.5) is 16.2 Å². The fourth-order valence-corrected chi connectivity index (χ4v) is 4.93. The van der Waals surface area contributed by atoms with E-state index in [1.165, 1.54) is 32.6 Å². The lowest BCUT2D eigenvalue weighted by molar-refractivity contribution is -0.112. The molecule has 0 radical (unpaired) electrons. The molecule has 0 saturated heterocycles. The van der Waals surface area contributed by atoms with Gasteiger partial charge in [0.2, 0.25) is 0 Å². The number of fused-ring (bicyclic) bond motifs is 2. The average Bonchev–Trinajstić information content (AvgIpc) is 2.94. The van der Waals surface area contributed by atoms with Gasteiger partial charge in [-0.05, 0) is 38.2 Å². The highest BCUT2D eigenvalue weighted by Gasteiger charge is 2.30. The Kier molecular flexibility index (Phi) is 13.5. The maximum Gasteiger partial charge on any atom is 0.405 e. The maximum atomic E-state index is 13.0. The van der Waals surface area contributed by atoms with Crippen LogP contribution in [0.1, 0.15) is 39.7 Å². The number of aliphatic imine (C=N–C) groups is 1. The number of methoxy groups -OCH3 is 2. The summed E-state index contributed by atoms with van der Waals surface area (Å²) in [5.74, 6) is -1.56. The summed E-state index contributed by atoms with van der Waals surface area (Å²) in [5.41, 5.74) is 6.65. The summed E-state index contributed by atoms with van der Waals surface area (Å²) in [4.78, 5) is 28.9. The van der Waals surface area contributed by atoms with E-state index in [9.17, 15) is 24.9 Å². The molecule has 11 nitrogen and oxygen atoms in total. The van der Waals surface area contributed by atoms with Crippen LogP contribution < -0.4 is 11.1 Å². The molecule has 1 aromatic carbocycles. The molecule has 1 aliphatic heterocycles. The number of alkyl halides is 1. The first-order valence-corrected chi connectivity index (χ1v) is 14.1. The molecule has 1 aromatic rings. The zero-order valence-corrected chi connectivity index (χ0v) is 25.6. The number of anilines is 1. The van der Waals surface area contributed by atoms with E-state index < -0.39 is 42.3 Å². The van der Waals surface area contributed by atoms with Crippen molar-refractivity contribution in [3.8, 4) is 11.5 Å². The molecule has 2 amide bonds. The number of aliphatic hydroxyl groups excluding tert-OH is 1. The number of nitrogens with one attached hydrogen (secondary N) is 1. The second-order valence-corrected chi connectivity index (χ2v) is 10.7. The second-order valence-electron chi connectivity index (χ2n) is 10.4. The Hall–Kier alpha value is -3.38. The lowest BCUT2D eigenvalue weighted by Gasteiger charge is -2.29. The molecule has 0 saturated carbocycles. The number of rotatable bonds is 5. The largest absolute Gasteiger partial charge is 0.506 e. The Labute approximate surface area is 251 Å². The van der Waals surface area contributed by atoms with Gasteiger partial charge in [0.25, 0.3) is 5.91 Å². The molecular formula is C30H42ClN3O8. The highest BCUT2D eigenvalue weighted by molar-refractivity contribution is 6.24. The van der Waals surface area contributed by atoms with Gasteiger partial charge in [-0.15, -0.1) is 11.6 Å². The number of hydrogen-bond acceptors (Lipinski definition) is 9. The molecule has 0 aliphatic carbocycles. The first-order chi connectivity index (χ1) is 19.8. The molecule has 42 heavy (non-hydrogen) atoms. The Balaban J connectivity index is 2.69. The fourth-order valence-electron chi connectivity index (χ4n) is 4.86. The number of halogens is 1. The van der Waals surface area contributed by atoms with Crippen LogP contribution in [-0.2, 0) is 25.4 Å². The van der Waals surface area contributed by atoms with Gasteiger partial charge in [0, 0.05) is 43.6 Å². The number of carbonyl (C=O) groups excluding carboxylic acids is 2. The van der Waals surface area contributed by atoms with Gasteiger partial charge in [-0.1, -0.05) is 38.2 Å². The number of amides is 2. The van der Waals surface area contributed by atoms with Crippen LogP contribution in [0.25, 0.3) is 0 Å². The summed E-state index contributed by atoms with van der Waals surface area (Å²) < 4.78 is 16.6. The average molecular weight is 608 g/mol. The summed E-state index contributed by atoms with van der Waals surface area (Å²) in [6, 6.07) is 1.22. The highest BCUT2D eigenvalue weighted by Crippen LogP contribution is 2.44. The molecule has 0 spiro atoms. The number of carbonyl (C=O) groups is 2. The van der Waals surface area contributed by atoms with Crippen LogP contribution in [-0.4, -0.2) is 78.1 Å². The number of benzene rings is 1. The molecule has 2 rings (SSSR count). The van der Waals surface area contributed by atoms with Crippen LogP contribution >= 0.6 is 11.6 Å². The lowest BCUT2D eigenvalue weighted by atomic mass is 9.87. The van der Waals surface area contributed by atoms with Crippen molar-refractivity contribution in [3.63, 3.8) is 0 Å². The van der Waals surface area contributed by atoms with Crippen LogP contribution in [0.3, 0.4) is 0 Å².